The number of carbonyl (C=O) groups is 1. The monoisotopic (exact) mass is 432 g/mol. The molecule has 0 fully saturated rings. The van der Waals surface area contributed by atoms with Crippen LogP contribution in [0.15, 0.2) is 66.7 Å². The summed E-state index contributed by atoms with van der Waals surface area (Å²) in [6, 6.07) is 13.6. The molecular formula is C24H24N4O2S. The van der Waals surface area contributed by atoms with Crippen LogP contribution in [0.1, 0.15) is 22.8 Å². The van der Waals surface area contributed by atoms with Gasteiger partial charge in [0.15, 0.2) is 5.65 Å². The largest absolute Gasteiger partial charge is 0.490 e. The summed E-state index contributed by atoms with van der Waals surface area (Å²) in [6.45, 7) is 7.31. The Morgan fingerprint density at radius 1 is 1.29 bits per heavy atom. The van der Waals surface area contributed by atoms with Gasteiger partial charge in [-0.15, -0.1) is 11.3 Å². The third-order valence-electron chi connectivity index (χ3n) is 4.97. The highest BCUT2D eigenvalue weighted by molar-refractivity contribution is 7.13. The first-order valence-electron chi connectivity index (χ1n) is 10.1. The van der Waals surface area contributed by atoms with Crippen LogP contribution in [0.2, 0.25) is 0 Å². The van der Waals surface area contributed by atoms with Crippen molar-refractivity contribution in [3.8, 4) is 16.3 Å². The van der Waals surface area contributed by atoms with E-state index in [1.165, 1.54) is 0 Å². The lowest BCUT2D eigenvalue weighted by Crippen LogP contribution is -2.26. The lowest BCUT2D eigenvalue weighted by atomic mass is 10.1. The van der Waals surface area contributed by atoms with E-state index in [9.17, 15) is 4.79 Å². The second-order valence-corrected chi connectivity index (χ2v) is 8.08. The number of hydrogen-bond donors (Lipinski definition) is 0. The Hall–Kier alpha value is -3.45. The number of aromatic nitrogens is 3. The van der Waals surface area contributed by atoms with E-state index < -0.39 is 0 Å². The number of ether oxygens (including phenoxy) is 1. The molecule has 0 atom stereocenters. The van der Waals surface area contributed by atoms with Crippen LogP contribution in [0.25, 0.3) is 21.6 Å². The van der Waals surface area contributed by atoms with Gasteiger partial charge in [-0.3, -0.25) is 4.79 Å². The maximum atomic E-state index is 13.4. The fourth-order valence-corrected chi connectivity index (χ4v) is 4.09. The number of pyridine rings is 1. The van der Waals surface area contributed by atoms with Crippen molar-refractivity contribution in [1.82, 2.24) is 19.7 Å². The number of amides is 1. The summed E-state index contributed by atoms with van der Waals surface area (Å²) in [5, 5.41) is 7.20. The number of thiophene rings is 1. The van der Waals surface area contributed by atoms with Crippen molar-refractivity contribution in [3.05, 3.63) is 77.8 Å². The Morgan fingerprint density at radius 3 is 2.77 bits per heavy atom. The first kappa shape index (κ1) is 20.8. The molecule has 31 heavy (non-hydrogen) atoms. The van der Waals surface area contributed by atoms with Crippen molar-refractivity contribution in [3.63, 3.8) is 0 Å². The zero-order valence-corrected chi connectivity index (χ0v) is 18.4. The van der Waals surface area contributed by atoms with E-state index in [0.717, 1.165) is 32.9 Å². The molecule has 3 aromatic heterocycles. The highest BCUT2D eigenvalue weighted by Gasteiger charge is 2.20. The van der Waals surface area contributed by atoms with Gasteiger partial charge in [-0.2, -0.15) is 5.10 Å². The number of fused-ring (bicyclic) bond motifs is 1. The molecular weight excluding hydrogens is 408 g/mol. The molecule has 0 unspecified atom stereocenters. The Kier molecular flexibility index (Phi) is 6.13. The normalized spacial score (nSPS) is 10.9. The summed E-state index contributed by atoms with van der Waals surface area (Å²) >= 11 is 1.60. The van der Waals surface area contributed by atoms with E-state index in [-0.39, 0.29) is 5.91 Å². The molecule has 0 saturated heterocycles. The summed E-state index contributed by atoms with van der Waals surface area (Å²) in [5.41, 5.74) is 3.16. The van der Waals surface area contributed by atoms with E-state index >= 15 is 0 Å². The van der Waals surface area contributed by atoms with Crippen molar-refractivity contribution in [2.75, 3.05) is 13.7 Å². The summed E-state index contributed by atoms with van der Waals surface area (Å²) in [7, 11) is 1.81. The molecule has 4 rings (SSSR count). The molecule has 0 bridgehead atoms. The Balaban J connectivity index is 1.63. The quantitative estimate of drug-likeness (QED) is 0.367. The van der Waals surface area contributed by atoms with E-state index in [2.05, 4.69) is 11.7 Å². The van der Waals surface area contributed by atoms with Crippen LogP contribution < -0.4 is 4.74 Å². The molecule has 0 radical (unpaired) electrons. The molecule has 6 nitrogen and oxygen atoms in total. The van der Waals surface area contributed by atoms with Crippen molar-refractivity contribution >= 4 is 28.3 Å². The van der Waals surface area contributed by atoms with Gasteiger partial charge in [0.2, 0.25) is 0 Å². The van der Waals surface area contributed by atoms with Gasteiger partial charge >= 0.3 is 0 Å². The van der Waals surface area contributed by atoms with Crippen LogP contribution in [0.3, 0.4) is 0 Å². The molecule has 1 aromatic carbocycles. The number of aryl methyl sites for hydroxylation is 1. The predicted octanol–water partition coefficient (Wildman–Crippen LogP) is 5.02. The molecule has 0 saturated carbocycles. The summed E-state index contributed by atoms with van der Waals surface area (Å²) in [4.78, 5) is 21.0. The fraction of sp³-hybridized carbons (Fsp3) is 0.208. The van der Waals surface area contributed by atoms with Gasteiger partial charge in [0.05, 0.1) is 27.7 Å². The SMILES string of the molecule is C=CCOc1ccc(CN(C)C(=O)c2cc(-c3cccs3)nc3c2cnn3CC)cc1. The Labute approximate surface area is 185 Å². The topological polar surface area (TPSA) is 60.2 Å². The van der Waals surface area contributed by atoms with Gasteiger partial charge in [0.25, 0.3) is 5.91 Å². The predicted molar refractivity (Wildman–Crippen MR) is 124 cm³/mol. The van der Waals surface area contributed by atoms with Gasteiger partial charge in [-0.05, 0) is 42.1 Å². The number of hydrogen-bond acceptors (Lipinski definition) is 5. The Bertz CT molecular complexity index is 1200. The number of rotatable bonds is 8. The third-order valence-corrected chi connectivity index (χ3v) is 5.86. The zero-order chi connectivity index (χ0) is 21.8. The van der Waals surface area contributed by atoms with Crippen LogP contribution in [0.4, 0.5) is 0 Å². The molecule has 0 spiro atoms. The van der Waals surface area contributed by atoms with E-state index in [1.54, 1.807) is 28.5 Å². The maximum absolute atomic E-state index is 13.4. The van der Waals surface area contributed by atoms with E-state index in [1.807, 2.05) is 66.5 Å². The molecule has 0 aliphatic carbocycles. The molecule has 3 heterocycles. The number of nitrogens with zero attached hydrogens (tertiary/aromatic N) is 4. The average molecular weight is 433 g/mol. The van der Waals surface area contributed by atoms with E-state index in [4.69, 9.17) is 9.72 Å². The average Bonchev–Trinajstić information content (AvgIpc) is 3.47. The fourth-order valence-electron chi connectivity index (χ4n) is 3.40. The molecule has 0 N–H and O–H groups in total. The minimum absolute atomic E-state index is 0.0622. The lowest BCUT2D eigenvalue weighted by molar-refractivity contribution is 0.0787. The highest BCUT2D eigenvalue weighted by atomic mass is 32.1. The summed E-state index contributed by atoms with van der Waals surface area (Å²) < 4.78 is 7.35. The third kappa shape index (κ3) is 4.36. The summed E-state index contributed by atoms with van der Waals surface area (Å²) in [5.74, 6) is 0.717. The van der Waals surface area contributed by atoms with Gasteiger partial charge in [0, 0.05) is 20.1 Å². The van der Waals surface area contributed by atoms with Crippen LogP contribution in [0.5, 0.6) is 5.75 Å². The van der Waals surface area contributed by atoms with Crippen LogP contribution in [-0.4, -0.2) is 39.2 Å². The summed E-state index contributed by atoms with van der Waals surface area (Å²) in [6.07, 6.45) is 3.44. The molecule has 0 aliphatic rings. The van der Waals surface area contributed by atoms with Gasteiger partial charge in [-0.1, -0.05) is 30.9 Å². The smallest absolute Gasteiger partial charge is 0.254 e. The van der Waals surface area contributed by atoms with Gasteiger partial charge in [-0.25, -0.2) is 9.67 Å². The minimum atomic E-state index is -0.0622. The maximum Gasteiger partial charge on any atom is 0.254 e. The van der Waals surface area contributed by atoms with E-state index in [0.29, 0.717) is 25.3 Å². The van der Waals surface area contributed by atoms with Gasteiger partial charge in [0.1, 0.15) is 12.4 Å². The second-order valence-electron chi connectivity index (χ2n) is 7.13. The van der Waals surface area contributed by atoms with Crippen LogP contribution in [-0.2, 0) is 13.1 Å². The van der Waals surface area contributed by atoms with Gasteiger partial charge < -0.3 is 9.64 Å². The van der Waals surface area contributed by atoms with Crippen LogP contribution >= 0.6 is 11.3 Å². The van der Waals surface area contributed by atoms with Crippen molar-refractivity contribution in [2.45, 2.75) is 20.0 Å². The minimum Gasteiger partial charge on any atom is -0.490 e. The van der Waals surface area contributed by atoms with Crippen molar-refractivity contribution in [2.24, 2.45) is 0 Å². The molecule has 4 aromatic rings. The van der Waals surface area contributed by atoms with Crippen LogP contribution in [0, 0.1) is 0 Å². The molecule has 0 aliphatic heterocycles. The molecule has 1 amide bonds. The molecule has 7 heteroatoms. The molecule has 158 valence electrons. The Morgan fingerprint density at radius 2 is 2.10 bits per heavy atom. The highest BCUT2D eigenvalue weighted by Crippen LogP contribution is 2.28. The number of carbonyl (C=O) groups excluding carboxylic acids is 1. The lowest BCUT2D eigenvalue weighted by Gasteiger charge is -2.18. The van der Waals surface area contributed by atoms with Crippen molar-refractivity contribution < 1.29 is 9.53 Å². The standard InChI is InChI=1S/C24H24N4O2S/c1-4-12-30-18-10-8-17(9-11-18)16-27(3)24(29)19-14-21(22-7-6-13-31-22)26-23-20(19)15-25-28(23)5-2/h4,6-11,13-15H,1,5,12,16H2,2-3H3. The van der Waals surface area contributed by atoms with Crippen molar-refractivity contribution in [1.29, 1.82) is 0 Å². The first-order valence-corrected chi connectivity index (χ1v) is 11.0. The zero-order valence-electron chi connectivity index (χ0n) is 17.6. The first-order chi connectivity index (χ1) is 15.1. The second kappa shape index (κ2) is 9.14. The number of benzene rings is 1.